The maximum atomic E-state index is 12.6. The van der Waals surface area contributed by atoms with Gasteiger partial charge in [-0.05, 0) is 31.6 Å². The lowest BCUT2D eigenvalue weighted by Crippen LogP contribution is -2.39. The van der Waals surface area contributed by atoms with Crippen molar-refractivity contribution in [3.8, 4) is 0 Å². The lowest BCUT2D eigenvalue weighted by atomic mass is 9.88. The highest BCUT2D eigenvalue weighted by Crippen LogP contribution is 2.44. The molecule has 120 valence electrons. The second-order valence-electron chi connectivity index (χ2n) is 6.92. The summed E-state index contributed by atoms with van der Waals surface area (Å²) in [6, 6.07) is -0.351. The Hall–Kier alpha value is -0.620. The lowest BCUT2D eigenvalue weighted by Gasteiger charge is -2.25. The molecule has 3 aliphatic rings. The van der Waals surface area contributed by atoms with Gasteiger partial charge in [-0.2, -0.15) is 4.31 Å². The Balaban J connectivity index is 1.63. The summed E-state index contributed by atoms with van der Waals surface area (Å²) in [6.45, 7) is 0. The molecule has 2 heterocycles. The molecule has 1 saturated carbocycles. The molecule has 0 aromatic carbocycles. The predicted octanol–water partition coefficient (Wildman–Crippen LogP) is 2.22. The zero-order valence-electron chi connectivity index (χ0n) is 12.4. The third-order valence-electron chi connectivity index (χ3n) is 5.62. The number of hydrogen-bond donors (Lipinski definition) is 1. The first-order chi connectivity index (χ1) is 9.99. The van der Waals surface area contributed by atoms with E-state index < -0.39 is 21.9 Å². The zero-order chi connectivity index (χ0) is 15.0. The van der Waals surface area contributed by atoms with Gasteiger partial charge in [0.05, 0.1) is 11.7 Å². The van der Waals surface area contributed by atoms with Gasteiger partial charge in [0.15, 0.2) is 0 Å². The van der Waals surface area contributed by atoms with E-state index >= 15 is 0 Å². The second-order valence-corrected chi connectivity index (χ2v) is 8.91. The third kappa shape index (κ3) is 2.97. The van der Waals surface area contributed by atoms with E-state index in [0.29, 0.717) is 18.8 Å². The van der Waals surface area contributed by atoms with Gasteiger partial charge in [-0.1, -0.05) is 32.1 Å². The SMILES string of the molecule is O=C(O)C1CC2CCC1N2S(=O)(=O)CCC1CCCCC1. The standard InChI is InChI=1S/C15H25NO4S/c17-15(18)13-10-12-6-7-14(13)16(12)21(19,20)9-8-11-4-2-1-3-5-11/h11-14H,1-10H2,(H,17,18). The quantitative estimate of drug-likeness (QED) is 0.844. The molecule has 3 atom stereocenters. The van der Waals surface area contributed by atoms with Gasteiger partial charge >= 0.3 is 5.97 Å². The van der Waals surface area contributed by atoms with Gasteiger partial charge in [0, 0.05) is 12.1 Å². The summed E-state index contributed by atoms with van der Waals surface area (Å²) < 4.78 is 26.8. The van der Waals surface area contributed by atoms with Gasteiger partial charge in [0.25, 0.3) is 0 Å². The molecule has 2 aliphatic heterocycles. The summed E-state index contributed by atoms with van der Waals surface area (Å²) in [5.41, 5.74) is 0. The number of aliphatic carboxylic acids is 1. The predicted molar refractivity (Wildman–Crippen MR) is 79.4 cm³/mol. The Morgan fingerprint density at radius 1 is 1.10 bits per heavy atom. The fraction of sp³-hybridized carbons (Fsp3) is 0.933. The average Bonchev–Trinajstić information content (AvgIpc) is 3.05. The molecule has 0 radical (unpaired) electrons. The van der Waals surface area contributed by atoms with Crippen molar-refractivity contribution in [1.29, 1.82) is 0 Å². The first kappa shape index (κ1) is 15.3. The van der Waals surface area contributed by atoms with E-state index in [1.165, 1.54) is 19.3 Å². The maximum Gasteiger partial charge on any atom is 0.308 e. The van der Waals surface area contributed by atoms with E-state index in [-0.39, 0.29) is 17.8 Å². The minimum absolute atomic E-state index is 0.0625. The van der Waals surface area contributed by atoms with Crippen LogP contribution in [0.1, 0.15) is 57.8 Å². The molecule has 3 fully saturated rings. The van der Waals surface area contributed by atoms with Gasteiger partial charge in [-0.25, -0.2) is 8.42 Å². The molecule has 1 aliphatic carbocycles. The summed E-state index contributed by atoms with van der Waals surface area (Å²) in [7, 11) is -3.29. The Bertz CT molecular complexity index is 498. The van der Waals surface area contributed by atoms with Crippen LogP contribution in [0.3, 0.4) is 0 Å². The number of carbonyl (C=O) groups is 1. The Morgan fingerprint density at radius 2 is 1.81 bits per heavy atom. The van der Waals surface area contributed by atoms with Crippen LogP contribution in [0, 0.1) is 11.8 Å². The van der Waals surface area contributed by atoms with E-state index in [0.717, 1.165) is 25.7 Å². The fourth-order valence-corrected chi connectivity index (χ4v) is 6.69. The molecule has 1 N–H and O–H groups in total. The highest BCUT2D eigenvalue weighted by molar-refractivity contribution is 7.89. The number of carboxylic acids is 1. The molecular formula is C15H25NO4S. The molecule has 5 nitrogen and oxygen atoms in total. The molecule has 3 rings (SSSR count). The monoisotopic (exact) mass is 315 g/mol. The van der Waals surface area contributed by atoms with Crippen molar-refractivity contribution < 1.29 is 18.3 Å². The van der Waals surface area contributed by atoms with Gasteiger partial charge < -0.3 is 5.11 Å². The molecule has 6 heteroatoms. The topological polar surface area (TPSA) is 74.7 Å². The molecule has 0 spiro atoms. The maximum absolute atomic E-state index is 12.6. The van der Waals surface area contributed by atoms with Crippen LogP contribution >= 0.6 is 0 Å². The number of fused-ring (bicyclic) bond motifs is 2. The minimum atomic E-state index is -3.29. The molecular weight excluding hydrogens is 290 g/mol. The second kappa shape index (κ2) is 5.88. The van der Waals surface area contributed by atoms with Crippen LogP contribution in [0.2, 0.25) is 0 Å². The average molecular weight is 315 g/mol. The van der Waals surface area contributed by atoms with Crippen molar-refractivity contribution in [2.75, 3.05) is 5.75 Å². The van der Waals surface area contributed by atoms with Crippen LogP contribution in [0.15, 0.2) is 0 Å². The minimum Gasteiger partial charge on any atom is -0.481 e. The highest BCUT2D eigenvalue weighted by Gasteiger charge is 2.53. The van der Waals surface area contributed by atoms with E-state index in [1.807, 2.05) is 0 Å². The molecule has 0 amide bonds. The van der Waals surface area contributed by atoms with Crippen LogP contribution in [-0.4, -0.2) is 41.6 Å². The molecule has 3 unspecified atom stereocenters. The van der Waals surface area contributed by atoms with Gasteiger partial charge in [-0.3, -0.25) is 4.79 Å². The molecule has 21 heavy (non-hydrogen) atoms. The van der Waals surface area contributed by atoms with Crippen LogP contribution in [0.4, 0.5) is 0 Å². The van der Waals surface area contributed by atoms with Gasteiger partial charge in [0.2, 0.25) is 10.0 Å². The summed E-state index contributed by atoms with van der Waals surface area (Å²) in [5, 5.41) is 9.23. The Labute approximate surface area is 126 Å². The van der Waals surface area contributed by atoms with Crippen LogP contribution in [-0.2, 0) is 14.8 Å². The Morgan fingerprint density at radius 3 is 2.43 bits per heavy atom. The summed E-state index contributed by atoms with van der Waals surface area (Å²) in [5.74, 6) is -0.580. The van der Waals surface area contributed by atoms with Crippen molar-refractivity contribution >= 4 is 16.0 Å². The summed E-state index contributed by atoms with van der Waals surface area (Å²) in [4.78, 5) is 11.2. The van der Waals surface area contributed by atoms with E-state index in [2.05, 4.69) is 0 Å². The van der Waals surface area contributed by atoms with Crippen molar-refractivity contribution in [1.82, 2.24) is 4.31 Å². The van der Waals surface area contributed by atoms with Crippen molar-refractivity contribution in [2.24, 2.45) is 11.8 Å². The fourth-order valence-electron chi connectivity index (χ4n) is 4.53. The molecule has 0 aromatic heterocycles. The molecule has 2 saturated heterocycles. The van der Waals surface area contributed by atoms with Crippen molar-refractivity contribution in [2.45, 2.75) is 69.9 Å². The number of sulfonamides is 1. The van der Waals surface area contributed by atoms with Crippen LogP contribution < -0.4 is 0 Å². The number of rotatable bonds is 5. The van der Waals surface area contributed by atoms with E-state index in [9.17, 15) is 18.3 Å². The van der Waals surface area contributed by atoms with Crippen molar-refractivity contribution in [3.63, 3.8) is 0 Å². The first-order valence-corrected chi connectivity index (χ1v) is 9.84. The molecule has 2 bridgehead atoms. The third-order valence-corrected chi connectivity index (χ3v) is 7.58. The van der Waals surface area contributed by atoms with Gasteiger partial charge in [0.1, 0.15) is 0 Å². The Kier molecular flexibility index (Phi) is 4.28. The van der Waals surface area contributed by atoms with E-state index in [4.69, 9.17) is 0 Å². The summed E-state index contributed by atoms with van der Waals surface area (Å²) in [6.07, 6.45) is 8.82. The van der Waals surface area contributed by atoms with Crippen LogP contribution in [0.5, 0.6) is 0 Å². The number of carboxylic acid groups (broad SMARTS) is 1. The first-order valence-electron chi connectivity index (χ1n) is 8.23. The normalized spacial score (nSPS) is 34.4. The van der Waals surface area contributed by atoms with Gasteiger partial charge in [-0.15, -0.1) is 0 Å². The van der Waals surface area contributed by atoms with Crippen molar-refractivity contribution in [3.05, 3.63) is 0 Å². The molecule has 0 aromatic rings. The summed E-state index contributed by atoms with van der Waals surface area (Å²) >= 11 is 0. The highest BCUT2D eigenvalue weighted by atomic mass is 32.2. The smallest absolute Gasteiger partial charge is 0.308 e. The number of nitrogens with zero attached hydrogens (tertiary/aromatic N) is 1. The lowest BCUT2D eigenvalue weighted by molar-refractivity contribution is -0.142. The van der Waals surface area contributed by atoms with E-state index in [1.54, 1.807) is 4.31 Å². The largest absolute Gasteiger partial charge is 0.481 e. The van der Waals surface area contributed by atoms with Crippen LogP contribution in [0.25, 0.3) is 0 Å². The number of hydrogen-bond acceptors (Lipinski definition) is 3. The zero-order valence-corrected chi connectivity index (χ0v) is 13.2.